The fraction of sp³-hybridized carbons (Fsp3) is 0.333. The SMILES string of the molecule is O=S(=O)(C1=Cc2ccccc2CC1)N1CCN(c2cnccn2)CC1. The third kappa shape index (κ3) is 3.17. The normalized spacial score (nSPS) is 18.6. The second kappa shape index (κ2) is 6.57. The van der Waals surface area contributed by atoms with Crippen LogP contribution in [0.3, 0.4) is 0 Å². The maximum Gasteiger partial charge on any atom is 0.239 e. The summed E-state index contributed by atoms with van der Waals surface area (Å²) in [5, 5.41) is 0. The lowest BCUT2D eigenvalue weighted by Gasteiger charge is -2.35. The Bertz CT molecular complexity index is 888. The lowest BCUT2D eigenvalue weighted by atomic mass is 9.98. The van der Waals surface area contributed by atoms with Crippen molar-refractivity contribution >= 4 is 21.9 Å². The minimum absolute atomic E-state index is 0.470. The van der Waals surface area contributed by atoms with E-state index in [9.17, 15) is 8.42 Å². The molecule has 0 saturated carbocycles. The summed E-state index contributed by atoms with van der Waals surface area (Å²) in [7, 11) is -3.40. The molecule has 2 aliphatic rings. The number of sulfonamides is 1. The third-order valence-corrected chi connectivity index (χ3v) is 6.83. The highest BCUT2D eigenvalue weighted by Crippen LogP contribution is 2.29. The average Bonchev–Trinajstić information content (AvgIpc) is 2.68. The minimum Gasteiger partial charge on any atom is -0.353 e. The molecule has 0 radical (unpaired) electrons. The lowest BCUT2D eigenvalue weighted by Crippen LogP contribution is -2.49. The van der Waals surface area contributed by atoms with E-state index in [1.54, 1.807) is 22.9 Å². The molecular weight excluding hydrogens is 336 g/mol. The monoisotopic (exact) mass is 356 g/mol. The number of piperazine rings is 1. The summed E-state index contributed by atoms with van der Waals surface area (Å²) in [4.78, 5) is 11.0. The summed E-state index contributed by atoms with van der Waals surface area (Å²) >= 11 is 0. The van der Waals surface area contributed by atoms with Gasteiger partial charge in [0.05, 0.1) is 11.1 Å². The second-order valence-corrected chi connectivity index (χ2v) is 8.26. The van der Waals surface area contributed by atoms with Crippen LogP contribution in [0.2, 0.25) is 0 Å². The molecule has 1 fully saturated rings. The number of hydrogen-bond acceptors (Lipinski definition) is 5. The first-order valence-corrected chi connectivity index (χ1v) is 9.88. The van der Waals surface area contributed by atoms with E-state index in [1.807, 2.05) is 24.3 Å². The third-order valence-electron chi connectivity index (χ3n) is 4.80. The van der Waals surface area contributed by atoms with E-state index >= 15 is 0 Å². The van der Waals surface area contributed by atoms with Gasteiger partial charge in [0, 0.05) is 38.6 Å². The van der Waals surface area contributed by atoms with Crippen LogP contribution in [0.1, 0.15) is 17.5 Å². The van der Waals surface area contributed by atoms with E-state index in [0.29, 0.717) is 37.5 Å². The van der Waals surface area contributed by atoms with Crippen molar-refractivity contribution in [3.8, 4) is 0 Å². The Hall–Kier alpha value is -2.25. The van der Waals surface area contributed by atoms with Crippen LogP contribution in [0.15, 0.2) is 47.8 Å². The molecule has 1 saturated heterocycles. The molecule has 1 aromatic heterocycles. The molecule has 0 atom stereocenters. The Morgan fingerprint density at radius 1 is 0.960 bits per heavy atom. The lowest BCUT2D eigenvalue weighted by molar-refractivity contribution is 0.386. The Kier molecular flexibility index (Phi) is 4.27. The Balaban J connectivity index is 1.50. The van der Waals surface area contributed by atoms with E-state index in [1.165, 1.54) is 5.56 Å². The van der Waals surface area contributed by atoms with Gasteiger partial charge in [-0.25, -0.2) is 13.4 Å². The molecule has 1 aliphatic carbocycles. The van der Waals surface area contributed by atoms with Gasteiger partial charge in [-0.15, -0.1) is 0 Å². The first-order chi connectivity index (χ1) is 12.1. The molecular formula is C18H20N4O2S. The molecule has 7 heteroatoms. The summed E-state index contributed by atoms with van der Waals surface area (Å²) < 4.78 is 27.6. The molecule has 0 bridgehead atoms. The van der Waals surface area contributed by atoms with Crippen LogP contribution in [0.5, 0.6) is 0 Å². The van der Waals surface area contributed by atoms with Gasteiger partial charge in [0.15, 0.2) is 0 Å². The molecule has 2 heterocycles. The van der Waals surface area contributed by atoms with Crippen molar-refractivity contribution in [2.75, 3.05) is 31.1 Å². The Morgan fingerprint density at radius 2 is 1.76 bits per heavy atom. The van der Waals surface area contributed by atoms with Gasteiger partial charge in [-0.3, -0.25) is 4.98 Å². The number of rotatable bonds is 3. The van der Waals surface area contributed by atoms with E-state index in [-0.39, 0.29) is 0 Å². The number of anilines is 1. The molecule has 2 aromatic rings. The number of aromatic nitrogens is 2. The zero-order valence-corrected chi connectivity index (χ0v) is 14.7. The molecule has 1 aliphatic heterocycles. The summed E-state index contributed by atoms with van der Waals surface area (Å²) in [6.07, 6.45) is 8.19. The van der Waals surface area contributed by atoms with Crippen molar-refractivity contribution in [2.24, 2.45) is 0 Å². The van der Waals surface area contributed by atoms with Gasteiger partial charge >= 0.3 is 0 Å². The molecule has 0 spiro atoms. The number of benzene rings is 1. The highest BCUT2D eigenvalue weighted by molar-refractivity contribution is 7.93. The molecule has 25 heavy (non-hydrogen) atoms. The molecule has 0 N–H and O–H groups in total. The molecule has 0 unspecified atom stereocenters. The quantitative estimate of drug-likeness (QED) is 0.840. The Labute approximate surface area is 147 Å². The molecule has 1 aromatic carbocycles. The topological polar surface area (TPSA) is 66.4 Å². The molecule has 0 amide bonds. The number of aryl methyl sites for hydroxylation is 1. The van der Waals surface area contributed by atoms with Crippen LogP contribution in [-0.2, 0) is 16.4 Å². The van der Waals surface area contributed by atoms with Gasteiger partial charge in [0.2, 0.25) is 10.0 Å². The smallest absolute Gasteiger partial charge is 0.239 e. The largest absolute Gasteiger partial charge is 0.353 e. The zero-order chi connectivity index (χ0) is 17.3. The van der Waals surface area contributed by atoms with Crippen molar-refractivity contribution in [2.45, 2.75) is 12.8 Å². The van der Waals surface area contributed by atoms with Gasteiger partial charge in [-0.2, -0.15) is 4.31 Å². The number of nitrogens with zero attached hydrogens (tertiary/aromatic N) is 4. The van der Waals surface area contributed by atoms with E-state index in [2.05, 4.69) is 20.9 Å². The van der Waals surface area contributed by atoms with Gasteiger partial charge in [0.1, 0.15) is 5.82 Å². The first-order valence-electron chi connectivity index (χ1n) is 8.44. The van der Waals surface area contributed by atoms with E-state index in [0.717, 1.165) is 17.8 Å². The van der Waals surface area contributed by atoms with Crippen molar-refractivity contribution in [1.82, 2.24) is 14.3 Å². The van der Waals surface area contributed by atoms with Gasteiger partial charge < -0.3 is 4.90 Å². The Morgan fingerprint density at radius 3 is 2.52 bits per heavy atom. The van der Waals surface area contributed by atoms with Crippen LogP contribution < -0.4 is 4.90 Å². The van der Waals surface area contributed by atoms with Crippen molar-refractivity contribution < 1.29 is 8.42 Å². The van der Waals surface area contributed by atoms with Crippen LogP contribution in [0.4, 0.5) is 5.82 Å². The molecule has 4 rings (SSSR count). The zero-order valence-electron chi connectivity index (χ0n) is 13.9. The van der Waals surface area contributed by atoms with Crippen molar-refractivity contribution in [3.05, 3.63) is 58.9 Å². The fourth-order valence-corrected chi connectivity index (χ4v) is 5.00. The maximum absolute atomic E-state index is 13.0. The van der Waals surface area contributed by atoms with Gasteiger partial charge in [-0.1, -0.05) is 24.3 Å². The predicted octanol–water partition coefficient (Wildman–Crippen LogP) is 1.92. The molecule has 130 valence electrons. The van der Waals surface area contributed by atoms with Crippen molar-refractivity contribution in [3.63, 3.8) is 0 Å². The standard InChI is InChI=1S/C18H20N4O2S/c23-25(24,17-6-5-15-3-1-2-4-16(15)13-17)22-11-9-21(10-12-22)18-14-19-7-8-20-18/h1-4,7-8,13-14H,5-6,9-12H2. The van der Waals surface area contributed by atoms with Gasteiger partial charge in [0.25, 0.3) is 0 Å². The maximum atomic E-state index is 13.0. The first kappa shape index (κ1) is 16.2. The van der Waals surface area contributed by atoms with Crippen LogP contribution >= 0.6 is 0 Å². The van der Waals surface area contributed by atoms with Crippen molar-refractivity contribution in [1.29, 1.82) is 0 Å². The van der Waals surface area contributed by atoms with Crippen LogP contribution in [0, 0.1) is 0 Å². The summed E-state index contributed by atoms with van der Waals surface area (Å²) in [5.41, 5.74) is 2.24. The van der Waals surface area contributed by atoms with E-state index < -0.39 is 10.0 Å². The molecule has 6 nitrogen and oxygen atoms in total. The minimum atomic E-state index is -3.40. The number of fused-ring (bicyclic) bond motifs is 1. The summed E-state index contributed by atoms with van der Waals surface area (Å²) in [5.74, 6) is 0.797. The highest BCUT2D eigenvalue weighted by atomic mass is 32.2. The summed E-state index contributed by atoms with van der Waals surface area (Å²) in [6, 6.07) is 7.99. The van der Waals surface area contributed by atoms with Gasteiger partial charge in [-0.05, 0) is 30.0 Å². The predicted molar refractivity (Wildman–Crippen MR) is 97.5 cm³/mol. The average molecular weight is 356 g/mol. The highest BCUT2D eigenvalue weighted by Gasteiger charge is 2.31. The number of hydrogen-bond donors (Lipinski definition) is 0. The second-order valence-electron chi connectivity index (χ2n) is 6.26. The number of allylic oxidation sites excluding steroid dienone is 1. The fourth-order valence-electron chi connectivity index (χ4n) is 3.39. The summed E-state index contributed by atoms with van der Waals surface area (Å²) in [6.45, 7) is 2.19. The van der Waals surface area contributed by atoms with Crippen LogP contribution in [0.25, 0.3) is 6.08 Å². The van der Waals surface area contributed by atoms with E-state index in [4.69, 9.17) is 0 Å². The van der Waals surface area contributed by atoms with Crippen LogP contribution in [-0.4, -0.2) is 48.9 Å².